The Hall–Kier alpha value is -4.96. The Morgan fingerprint density at radius 1 is 0.952 bits per heavy atom. The number of carbonyl (C=O) groups excluding carboxylic acids is 3. The predicted molar refractivity (Wildman–Crippen MR) is 161 cm³/mol. The predicted octanol–water partition coefficient (Wildman–Crippen LogP) is 4.22. The van der Waals surface area contributed by atoms with E-state index in [-0.39, 0.29) is 17.2 Å². The molecule has 0 spiro atoms. The van der Waals surface area contributed by atoms with Crippen LogP contribution in [0.5, 0.6) is 0 Å². The van der Waals surface area contributed by atoms with Gasteiger partial charge in [-0.25, -0.2) is 9.48 Å². The summed E-state index contributed by atoms with van der Waals surface area (Å²) >= 11 is 0. The van der Waals surface area contributed by atoms with Crippen molar-refractivity contribution in [3.05, 3.63) is 94.7 Å². The van der Waals surface area contributed by atoms with Crippen molar-refractivity contribution in [1.29, 1.82) is 0 Å². The number of hydrogen-bond donors (Lipinski definition) is 5. The Morgan fingerprint density at radius 2 is 1.71 bits per heavy atom. The molecule has 3 heterocycles. The normalized spacial score (nSPS) is 15.9. The van der Waals surface area contributed by atoms with Gasteiger partial charge in [-0.3, -0.25) is 14.9 Å². The van der Waals surface area contributed by atoms with Crippen molar-refractivity contribution < 1.29 is 14.4 Å². The van der Waals surface area contributed by atoms with Crippen LogP contribution < -0.4 is 27.0 Å². The summed E-state index contributed by atoms with van der Waals surface area (Å²) in [5.41, 5.74) is 13.3. The van der Waals surface area contributed by atoms with Crippen molar-refractivity contribution in [1.82, 2.24) is 20.4 Å². The fourth-order valence-corrected chi connectivity index (χ4v) is 5.40. The highest BCUT2D eigenvalue weighted by atomic mass is 16.2. The summed E-state index contributed by atoms with van der Waals surface area (Å²) in [5.74, 6) is 0.0799. The highest BCUT2D eigenvalue weighted by Crippen LogP contribution is 2.31. The number of benzene rings is 3. The molecule has 0 saturated heterocycles. The molecule has 0 bridgehead atoms. The zero-order chi connectivity index (χ0) is 29.6. The number of aromatic nitrogens is 2. The Bertz CT molecular complexity index is 1720. The van der Waals surface area contributed by atoms with E-state index in [1.165, 1.54) is 0 Å². The van der Waals surface area contributed by atoms with Gasteiger partial charge in [0.15, 0.2) is 0 Å². The van der Waals surface area contributed by atoms with Crippen LogP contribution in [0.2, 0.25) is 0 Å². The van der Waals surface area contributed by atoms with E-state index in [0.717, 1.165) is 39.2 Å². The molecule has 0 fully saturated rings. The van der Waals surface area contributed by atoms with Gasteiger partial charge in [0.05, 0.1) is 17.4 Å². The third-order valence-corrected chi connectivity index (χ3v) is 7.76. The van der Waals surface area contributed by atoms with Crippen molar-refractivity contribution >= 4 is 29.4 Å². The third kappa shape index (κ3) is 5.24. The summed E-state index contributed by atoms with van der Waals surface area (Å²) < 4.78 is 1.72. The summed E-state index contributed by atoms with van der Waals surface area (Å²) in [7, 11) is 0. The second kappa shape index (κ2) is 10.5. The van der Waals surface area contributed by atoms with Gasteiger partial charge in [-0.05, 0) is 64.6 Å². The lowest BCUT2D eigenvalue weighted by Crippen LogP contribution is -2.45. The number of primary amides is 1. The Kier molecular flexibility index (Phi) is 6.78. The lowest BCUT2D eigenvalue weighted by molar-refractivity contribution is -0.120. The molecule has 3 aromatic carbocycles. The van der Waals surface area contributed by atoms with Gasteiger partial charge >= 0.3 is 6.03 Å². The first-order valence-electron chi connectivity index (χ1n) is 13.9. The van der Waals surface area contributed by atoms with Crippen molar-refractivity contribution in [3.8, 4) is 16.8 Å². The molecule has 1 aromatic heterocycles. The van der Waals surface area contributed by atoms with E-state index in [0.29, 0.717) is 36.6 Å². The first kappa shape index (κ1) is 27.2. The molecule has 6 N–H and O–H groups in total. The van der Waals surface area contributed by atoms with Crippen molar-refractivity contribution in [2.45, 2.75) is 51.7 Å². The van der Waals surface area contributed by atoms with Gasteiger partial charge in [0, 0.05) is 35.8 Å². The van der Waals surface area contributed by atoms with Gasteiger partial charge in [0.25, 0.3) is 5.91 Å². The molecule has 1 unspecified atom stereocenters. The second-order valence-electron chi connectivity index (χ2n) is 11.7. The van der Waals surface area contributed by atoms with Crippen molar-refractivity contribution in [3.63, 3.8) is 0 Å². The average molecular weight is 564 g/mol. The van der Waals surface area contributed by atoms with Gasteiger partial charge < -0.3 is 21.7 Å². The number of fused-ring (bicyclic) bond motifs is 2. The molecule has 214 valence electrons. The maximum Gasteiger partial charge on any atom is 0.324 e. The van der Waals surface area contributed by atoms with Gasteiger partial charge in [-0.2, -0.15) is 5.10 Å². The molecule has 0 radical (unpaired) electrons. The van der Waals surface area contributed by atoms with Crippen molar-refractivity contribution in [2.75, 3.05) is 10.6 Å². The monoisotopic (exact) mass is 563 g/mol. The average Bonchev–Trinajstić information content (AvgIpc) is 3.56. The summed E-state index contributed by atoms with van der Waals surface area (Å²) in [5, 5.41) is 16.7. The van der Waals surface area contributed by atoms with Gasteiger partial charge in [0.1, 0.15) is 5.82 Å². The van der Waals surface area contributed by atoms with Crippen LogP contribution in [-0.4, -0.2) is 33.7 Å². The van der Waals surface area contributed by atoms with E-state index in [9.17, 15) is 14.4 Å². The first-order valence-corrected chi connectivity index (χ1v) is 13.9. The summed E-state index contributed by atoms with van der Waals surface area (Å²) in [4.78, 5) is 37.0. The molecule has 1 atom stereocenters. The number of nitrogens with one attached hydrogen (secondary N) is 4. The minimum absolute atomic E-state index is 0.0575. The van der Waals surface area contributed by atoms with E-state index < -0.39 is 12.1 Å². The number of amides is 4. The molecule has 4 amide bonds. The molecule has 42 heavy (non-hydrogen) atoms. The van der Waals surface area contributed by atoms with Crippen LogP contribution in [-0.2, 0) is 29.7 Å². The maximum absolute atomic E-state index is 13.2. The van der Waals surface area contributed by atoms with Crippen LogP contribution in [0.3, 0.4) is 0 Å². The molecule has 0 aliphatic carbocycles. The molecule has 10 nitrogen and oxygen atoms in total. The van der Waals surface area contributed by atoms with Crippen molar-refractivity contribution in [2.24, 2.45) is 5.73 Å². The lowest BCUT2D eigenvalue weighted by atomic mass is 9.92. The number of rotatable bonds is 5. The van der Waals surface area contributed by atoms with E-state index in [1.54, 1.807) is 4.68 Å². The van der Waals surface area contributed by atoms with E-state index >= 15 is 0 Å². The SMILES string of the molecule is CC(C)(C)c1cc(NC(=O)Nc2ccc(-c3cccc4c3CNC4=O)cc2)n(-c2ccc3c(c2)CC(C(N)=O)NC3)n1. The number of carbonyl (C=O) groups is 3. The van der Waals surface area contributed by atoms with Gasteiger partial charge in [0.2, 0.25) is 5.91 Å². The van der Waals surface area contributed by atoms with Crippen LogP contribution in [0.15, 0.2) is 66.7 Å². The Balaban J connectivity index is 1.23. The smallest absolute Gasteiger partial charge is 0.324 e. The van der Waals surface area contributed by atoms with Crippen LogP contribution in [0.4, 0.5) is 16.3 Å². The topological polar surface area (TPSA) is 143 Å². The summed E-state index contributed by atoms with van der Waals surface area (Å²) in [6, 6.07) is 20.2. The molecular formula is C32H33N7O3. The van der Waals surface area contributed by atoms with E-state index in [2.05, 4.69) is 42.0 Å². The van der Waals surface area contributed by atoms with E-state index in [1.807, 2.05) is 66.7 Å². The quantitative estimate of drug-likeness (QED) is 0.247. The molecule has 2 aliphatic heterocycles. The fourth-order valence-electron chi connectivity index (χ4n) is 5.40. The van der Waals surface area contributed by atoms with Crippen LogP contribution in [0.25, 0.3) is 16.8 Å². The summed E-state index contributed by atoms with van der Waals surface area (Å²) in [6.45, 7) is 7.26. The Morgan fingerprint density at radius 3 is 2.45 bits per heavy atom. The molecule has 2 aliphatic rings. The fraction of sp³-hybridized carbons (Fsp3) is 0.250. The molecule has 10 heteroatoms. The molecule has 0 saturated carbocycles. The molecule has 4 aromatic rings. The zero-order valence-electron chi connectivity index (χ0n) is 23.7. The van der Waals surface area contributed by atoms with Crippen LogP contribution in [0, 0.1) is 0 Å². The standard InChI is InChI=1S/C32H33N7O3/c1-32(2,3)27-15-28(39(38-27)22-12-9-19-16-34-26(29(33)40)14-20(19)13-22)37-31(42)36-21-10-7-18(8-11-21)23-5-4-6-24-25(23)17-35-30(24)41/h4-13,15,26,34H,14,16-17H2,1-3H3,(H2,33,40)(H,35,41)(H2,36,37,42). The van der Waals surface area contributed by atoms with Crippen LogP contribution >= 0.6 is 0 Å². The number of nitrogens with two attached hydrogens (primary N) is 1. The number of urea groups is 1. The number of anilines is 2. The first-order chi connectivity index (χ1) is 20.1. The van der Waals surface area contributed by atoms with Crippen LogP contribution in [0.1, 0.15) is 53.5 Å². The molecular weight excluding hydrogens is 530 g/mol. The zero-order valence-corrected chi connectivity index (χ0v) is 23.7. The molecule has 6 rings (SSSR count). The number of nitrogens with zero attached hydrogens (tertiary/aromatic N) is 2. The van der Waals surface area contributed by atoms with Gasteiger partial charge in [-0.1, -0.05) is 51.1 Å². The third-order valence-electron chi connectivity index (χ3n) is 7.76. The highest BCUT2D eigenvalue weighted by molar-refractivity contribution is 6.01. The van der Waals surface area contributed by atoms with E-state index in [4.69, 9.17) is 10.8 Å². The van der Waals surface area contributed by atoms with Gasteiger partial charge in [-0.15, -0.1) is 0 Å². The Labute approximate surface area is 243 Å². The maximum atomic E-state index is 13.2. The number of hydrogen-bond acceptors (Lipinski definition) is 5. The minimum Gasteiger partial charge on any atom is -0.368 e. The minimum atomic E-state index is -0.424. The largest absolute Gasteiger partial charge is 0.368 e. The summed E-state index contributed by atoms with van der Waals surface area (Å²) in [6.07, 6.45) is 0.490. The highest BCUT2D eigenvalue weighted by Gasteiger charge is 2.25. The second-order valence-corrected chi connectivity index (χ2v) is 11.7. The lowest BCUT2D eigenvalue weighted by Gasteiger charge is -2.24.